The second-order valence-electron chi connectivity index (χ2n) is 4.48. The Morgan fingerprint density at radius 3 is 2.93 bits per heavy atom. The molecule has 0 heterocycles. The maximum absolute atomic E-state index is 12.9. The summed E-state index contributed by atoms with van der Waals surface area (Å²) in [5.41, 5.74) is 4.74. The Morgan fingerprint density at radius 1 is 1.43 bits per heavy atom. The summed E-state index contributed by atoms with van der Waals surface area (Å²) in [6, 6.07) is 4.24. The van der Waals surface area contributed by atoms with Crippen LogP contribution in [-0.2, 0) is 19.5 Å². The molecule has 0 nitrogen and oxygen atoms in total. The highest BCUT2D eigenvalue weighted by atomic mass is 19.1. The molecule has 0 aliphatic heterocycles. The standard InChI is InChI=1S/C13H17F/c1-9-3-6-12-11(7-9)5-4-10(2)13(12)8-14/h4-5,9H,3,6-8H2,1-2H3. The number of hydrogen-bond acceptors (Lipinski definition) is 0. The highest BCUT2D eigenvalue weighted by Crippen LogP contribution is 2.29. The Morgan fingerprint density at radius 2 is 2.21 bits per heavy atom. The maximum atomic E-state index is 12.9. The van der Waals surface area contributed by atoms with E-state index in [4.69, 9.17) is 0 Å². The molecule has 1 aromatic rings. The van der Waals surface area contributed by atoms with Crippen LogP contribution in [0, 0.1) is 12.8 Å². The van der Waals surface area contributed by atoms with Crippen LogP contribution >= 0.6 is 0 Å². The van der Waals surface area contributed by atoms with Gasteiger partial charge in [0.05, 0.1) is 0 Å². The fourth-order valence-corrected chi connectivity index (χ4v) is 2.42. The van der Waals surface area contributed by atoms with Gasteiger partial charge in [0.15, 0.2) is 0 Å². The number of rotatable bonds is 1. The molecule has 1 unspecified atom stereocenters. The van der Waals surface area contributed by atoms with Gasteiger partial charge >= 0.3 is 0 Å². The van der Waals surface area contributed by atoms with Crippen molar-refractivity contribution < 1.29 is 4.39 Å². The molecule has 2 rings (SSSR count). The molecule has 0 amide bonds. The van der Waals surface area contributed by atoms with Crippen molar-refractivity contribution in [1.29, 1.82) is 0 Å². The first-order valence-electron chi connectivity index (χ1n) is 5.38. The topological polar surface area (TPSA) is 0 Å². The van der Waals surface area contributed by atoms with Crippen LogP contribution in [0.5, 0.6) is 0 Å². The Kier molecular flexibility index (Phi) is 2.58. The molecule has 0 saturated carbocycles. The van der Waals surface area contributed by atoms with Crippen molar-refractivity contribution >= 4 is 0 Å². The number of hydrogen-bond donors (Lipinski definition) is 0. The third-order valence-electron chi connectivity index (χ3n) is 3.35. The molecular weight excluding hydrogens is 175 g/mol. The van der Waals surface area contributed by atoms with Gasteiger partial charge in [0.2, 0.25) is 0 Å². The lowest BCUT2D eigenvalue weighted by atomic mass is 9.82. The molecule has 1 atom stereocenters. The van der Waals surface area contributed by atoms with Crippen LogP contribution in [0.15, 0.2) is 12.1 Å². The van der Waals surface area contributed by atoms with Gasteiger partial charge in [-0.15, -0.1) is 0 Å². The Balaban J connectivity index is 2.47. The van der Waals surface area contributed by atoms with E-state index in [0.29, 0.717) is 0 Å². The summed E-state index contributed by atoms with van der Waals surface area (Å²) >= 11 is 0. The van der Waals surface area contributed by atoms with E-state index in [9.17, 15) is 4.39 Å². The summed E-state index contributed by atoms with van der Waals surface area (Å²) in [6.07, 6.45) is 3.41. The van der Waals surface area contributed by atoms with Gasteiger partial charge in [0, 0.05) is 0 Å². The monoisotopic (exact) mass is 192 g/mol. The molecule has 14 heavy (non-hydrogen) atoms. The molecule has 1 aliphatic rings. The van der Waals surface area contributed by atoms with Gasteiger partial charge in [-0.1, -0.05) is 19.1 Å². The van der Waals surface area contributed by atoms with Gasteiger partial charge in [0.1, 0.15) is 6.67 Å². The summed E-state index contributed by atoms with van der Waals surface area (Å²) in [5.74, 6) is 0.762. The van der Waals surface area contributed by atoms with Crippen molar-refractivity contribution in [2.75, 3.05) is 0 Å². The number of benzene rings is 1. The molecule has 0 fully saturated rings. The zero-order chi connectivity index (χ0) is 10.1. The van der Waals surface area contributed by atoms with E-state index in [1.165, 1.54) is 17.5 Å². The summed E-state index contributed by atoms with van der Waals surface area (Å²) < 4.78 is 12.9. The molecule has 0 spiro atoms. The summed E-state index contributed by atoms with van der Waals surface area (Å²) in [7, 11) is 0. The van der Waals surface area contributed by atoms with Gasteiger partial charge < -0.3 is 0 Å². The van der Waals surface area contributed by atoms with E-state index in [1.54, 1.807) is 0 Å². The first-order valence-corrected chi connectivity index (χ1v) is 5.38. The lowest BCUT2D eigenvalue weighted by Crippen LogP contribution is -2.13. The summed E-state index contributed by atoms with van der Waals surface area (Å²) in [6.45, 7) is 3.98. The van der Waals surface area contributed by atoms with Crippen molar-refractivity contribution in [3.8, 4) is 0 Å². The highest BCUT2D eigenvalue weighted by Gasteiger charge is 2.18. The molecule has 1 aromatic carbocycles. The molecule has 0 bridgehead atoms. The molecule has 1 aliphatic carbocycles. The molecule has 0 radical (unpaired) electrons. The minimum absolute atomic E-state index is 0.302. The van der Waals surface area contributed by atoms with Crippen LogP contribution in [-0.4, -0.2) is 0 Å². The predicted molar refractivity (Wildman–Crippen MR) is 57.2 cm³/mol. The highest BCUT2D eigenvalue weighted by molar-refractivity contribution is 5.41. The van der Waals surface area contributed by atoms with Gasteiger partial charge in [-0.05, 0) is 54.4 Å². The predicted octanol–water partition coefficient (Wildman–Crippen LogP) is 3.59. The van der Waals surface area contributed by atoms with E-state index in [-0.39, 0.29) is 6.67 Å². The van der Waals surface area contributed by atoms with Crippen molar-refractivity contribution in [2.45, 2.75) is 39.8 Å². The first kappa shape index (κ1) is 9.70. The lowest BCUT2D eigenvalue weighted by Gasteiger charge is -2.24. The van der Waals surface area contributed by atoms with E-state index in [1.807, 2.05) is 6.92 Å². The fourth-order valence-electron chi connectivity index (χ4n) is 2.42. The van der Waals surface area contributed by atoms with Crippen molar-refractivity contribution in [3.63, 3.8) is 0 Å². The number of aryl methyl sites for hydroxylation is 1. The molecular formula is C13H17F. The zero-order valence-electron chi connectivity index (χ0n) is 8.94. The van der Waals surface area contributed by atoms with Crippen molar-refractivity contribution in [1.82, 2.24) is 0 Å². The number of halogens is 1. The number of fused-ring (bicyclic) bond motifs is 1. The Hall–Kier alpha value is -0.850. The van der Waals surface area contributed by atoms with Crippen LogP contribution in [0.25, 0.3) is 0 Å². The van der Waals surface area contributed by atoms with Gasteiger partial charge in [-0.25, -0.2) is 4.39 Å². The smallest absolute Gasteiger partial charge is 0.115 e. The van der Waals surface area contributed by atoms with Gasteiger partial charge in [-0.3, -0.25) is 0 Å². The van der Waals surface area contributed by atoms with Crippen LogP contribution < -0.4 is 0 Å². The van der Waals surface area contributed by atoms with E-state index < -0.39 is 0 Å². The van der Waals surface area contributed by atoms with Crippen LogP contribution in [0.4, 0.5) is 4.39 Å². The van der Waals surface area contributed by atoms with E-state index in [0.717, 1.165) is 29.9 Å². The second kappa shape index (κ2) is 3.72. The maximum Gasteiger partial charge on any atom is 0.115 e. The molecule has 0 aromatic heterocycles. The third-order valence-corrected chi connectivity index (χ3v) is 3.35. The number of alkyl halides is 1. The molecule has 0 N–H and O–H groups in total. The first-order chi connectivity index (χ1) is 6.72. The van der Waals surface area contributed by atoms with Crippen LogP contribution in [0.3, 0.4) is 0 Å². The van der Waals surface area contributed by atoms with E-state index >= 15 is 0 Å². The van der Waals surface area contributed by atoms with Crippen molar-refractivity contribution in [2.24, 2.45) is 5.92 Å². The second-order valence-corrected chi connectivity index (χ2v) is 4.48. The average molecular weight is 192 g/mol. The largest absolute Gasteiger partial charge is 0.246 e. The third kappa shape index (κ3) is 1.56. The average Bonchev–Trinajstić information content (AvgIpc) is 2.18. The quantitative estimate of drug-likeness (QED) is 0.638. The van der Waals surface area contributed by atoms with Gasteiger partial charge in [-0.2, -0.15) is 0 Å². The Bertz CT molecular complexity index is 341. The van der Waals surface area contributed by atoms with Crippen LogP contribution in [0.1, 0.15) is 35.6 Å². The fraction of sp³-hybridized carbons (Fsp3) is 0.538. The van der Waals surface area contributed by atoms with Crippen LogP contribution in [0.2, 0.25) is 0 Å². The SMILES string of the molecule is Cc1ccc2c(c1CF)CCC(C)C2. The summed E-state index contributed by atoms with van der Waals surface area (Å²) in [4.78, 5) is 0. The lowest BCUT2D eigenvalue weighted by molar-refractivity contribution is 0.463. The minimum atomic E-state index is -0.302. The summed E-state index contributed by atoms with van der Waals surface area (Å²) in [5, 5.41) is 0. The molecule has 76 valence electrons. The van der Waals surface area contributed by atoms with Crippen molar-refractivity contribution in [3.05, 3.63) is 34.4 Å². The molecule has 1 heteroatoms. The van der Waals surface area contributed by atoms with Gasteiger partial charge in [0.25, 0.3) is 0 Å². The zero-order valence-corrected chi connectivity index (χ0v) is 8.94. The normalized spacial score (nSPS) is 20.6. The molecule has 0 saturated heterocycles. The van der Waals surface area contributed by atoms with E-state index in [2.05, 4.69) is 19.1 Å². The minimum Gasteiger partial charge on any atom is -0.246 e. The Labute approximate surface area is 85.1 Å².